The van der Waals surface area contributed by atoms with E-state index in [2.05, 4.69) is 0 Å². The average Bonchev–Trinajstić information content (AvgIpc) is 3.11. The van der Waals surface area contributed by atoms with Gasteiger partial charge in [0.2, 0.25) is 0 Å². The number of aryl methyl sites for hydroxylation is 1. The number of thiophene rings is 1. The fourth-order valence-corrected chi connectivity index (χ4v) is 4.91. The van der Waals surface area contributed by atoms with Crippen LogP contribution in [0.15, 0.2) is 58.1 Å². The van der Waals surface area contributed by atoms with Gasteiger partial charge in [-0.3, -0.25) is 9.36 Å². The molecule has 0 atom stereocenters. The molecule has 0 unspecified atom stereocenters. The Morgan fingerprint density at radius 3 is 2.41 bits per heavy atom. The summed E-state index contributed by atoms with van der Waals surface area (Å²) in [6, 6.07) is 13.7. The number of hydrogen-bond donors (Lipinski definition) is 0. The Morgan fingerprint density at radius 1 is 0.966 bits per heavy atom. The van der Waals surface area contributed by atoms with E-state index in [1.807, 2.05) is 13.0 Å². The Bertz CT molecular complexity index is 1350. The number of fused-ring (bicyclic) bond motifs is 1. The summed E-state index contributed by atoms with van der Waals surface area (Å²) < 4.78 is 2.74. The summed E-state index contributed by atoms with van der Waals surface area (Å²) in [5.74, 6) is 0. The minimum Gasteiger partial charge on any atom is -0.279 e. The first-order valence-electron chi connectivity index (χ1n) is 8.87. The Balaban J connectivity index is 2.03. The van der Waals surface area contributed by atoms with Gasteiger partial charge in [-0.1, -0.05) is 53.9 Å². The summed E-state index contributed by atoms with van der Waals surface area (Å²) in [6.07, 6.45) is 0.770. The minimum atomic E-state index is -0.444. The molecule has 0 amide bonds. The molecule has 0 bridgehead atoms. The highest BCUT2D eigenvalue weighted by Crippen LogP contribution is 2.26. The smallest absolute Gasteiger partial charge is 0.279 e. The maximum Gasteiger partial charge on any atom is 0.337 e. The van der Waals surface area contributed by atoms with Crippen molar-refractivity contribution >= 4 is 56.4 Å². The van der Waals surface area contributed by atoms with E-state index in [-0.39, 0.29) is 12.1 Å². The van der Waals surface area contributed by atoms with Crippen molar-refractivity contribution < 1.29 is 0 Å². The highest BCUT2D eigenvalue weighted by Gasteiger charge is 2.18. The lowest BCUT2D eigenvalue weighted by atomic mass is 10.2. The highest BCUT2D eigenvalue weighted by atomic mass is 35.5. The molecule has 0 saturated carbocycles. The van der Waals surface area contributed by atoms with Crippen LogP contribution in [0, 0.1) is 0 Å². The molecular weight excluding hydrogens is 451 g/mol. The van der Waals surface area contributed by atoms with E-state index in [1.165, 1.54) is 11.3 Å². The molecule has 0 saturated heterocycles. The van der Waals surface area contributed by atoms with Gasteiger partial charge in [0.1, 0.15) is 4.83 Å². The largest absolute Gasteiger partial charge is 0.337 e. The summed E-state index contributed by atoms with van der Waals surface area (Å²) >= 11 is 19.9. The summed E-state index contributed by atoms with van der Waals surface area (Å²) in [7, 11) is 0. The van der Waals surface area contributed by atoms with Gasteiger partial charge < -0.3 is 0 Å². The fraction of sp³-hybridized carbons (Fsp3) is 0.143. The highest BCUT2D eigenvalue weighted by molar-refractivity contribution is 7.18. The van der Waals surface area contributed by atoms with Crippen LogP contribution in [0.5, 0.6) is 0 Å². The predicted octanol–water partition coefficient (Wildman–Crippen LogP) is 5.78. The molecule has 148 valence electrons. The zero-order chi connectivity index (χ0) is 20.7. The maximum absolute atomic E-state index is 13.4. The molecule has 4 aromatic rings. The topological polar surface area (TPSA) is 44.0 Å². The molecule has 0 aliphatic rings. The zero-order valence-corrected chi connectivity index (χ0v) is 18.4. The quantitative estimate of drug-likeness (QED) is 0.383. The van der Waals surface area contributed by atoms with Crippen molar-refractivity contribution in [3.63, 3.8) is 0 Å². The van der Waals surface area contributed by atoms with Crippen molar-refractivity contribution in [2.75, 3.05) is 0 Å². The van der Waals surface area contributed by atoms with Gasteiger partial charge >= 0.3 is 5.69 Å². The van der Waals surface area contributed by atoms with Gasteiger partial charge in [-0.25, -0.2) is 9.36 Å². The summed E-state index contributed by atoms with van der Waals surface area (Å²) in [4.78, 5) is 28.2. The predicted molar refractivity (Wildman–Crippen MR) is 122 cm³/mol. The second-order valence-electron chi connectivity index (χ2n) is 6.51. The van der Waals surface area contributed by atoms with E-state index in [4.69, 9.17) is 34.8 Å². The fourth-order valence-electron chi connectivity index (χ4n) is 3.18. The first-order chi connectivity index (χ1) is 13.9. The summed E-state index contributed by atoms with van der Waals surface area (Å²) in [5, 5.41) is 1.92. The number of halogens is 3. The molecule has 0 fully saturated rings. The normalized spacial score (nSPS) is 11.3. The van der Waals surface area contributed by atoms with Crippen LogP contribution >= 0.6 is 46.1 Å². The van der Waals surface area contributed by atoms with E-state index >= 15 is 0 Å². The lowest BCUT2D eigenvalue weighted by Gasteiger charge is -2.13. The molecule has 2 aromatic carbocycles. The second kappa shape index (κ2) is 8.00. The minimum absolute atomic E-state index is 0.218. The Labute approximate surface area is 185 Å². The zero-order valence-electron chi connectivity index (χ0n) is 15.3. The van der Waals surface area contributed by atoms with Crippen molar-refractivity contribution in [2.24, 2.45) is 0 Å². The second-order valence-corrected chi connectivity index (χ2v) is 8.91. The lowest BCUT2D eigenvalue weighted by Crippen LogP contribution is -2.38. The Kier molecular flexibility index (Phi) is 5.58. The van der Waals surface area contributed by atoms with E-state index in [0.29, 0.717) is 31.0 Å². The standard InChI is InChI=1S/C21H15Cl3N2O2S/c1-2-16-10-17-19(27)26(15-5-3-4-13(22)8-15)21(28)25(20(17)29-16)11-12-6-7-14(23)9-18(12)24/h3-10H,2,11H2,1H3. The molecule has 2 aromatic heterocycles. The van der Waals surface area contributed by atoms with Gasteiger partial charge in [-0.15, -0.1) is 11.3 Å². The molecule has 4 nitrogen and oxygen atoms in total. The number of nitrogens with zero attached hydrogens (tertiary/aromatic N) is 2. The van der Waals surface area contributed by atoms with Gasteiger partial charge in [0, 0.05) is 19.9 Å². The van der Waals surface area contributed by atoms with Crippen LogP contribution in [0.3, 0.4) is 0 Å². The van der Waals surface area contributed by atoms with Gasteiger partial charge in [-0.2, -0.15) is 0 Å². The van der Waals surface area contributed by atoms with Crippen molar-refractivity contribution in [1.29, 1.82) is 0 Å². The molecule has 29 heavy (non-hydrogen) atoms. The van der Waals surface area contributed by atoms with Gasteiger partial charge in [0.15, 0.2) is 0 Å². The van der Waals surface area contributed by atoms with Crippen molar-refractivity contribution in [1.82, 2.24) is 9.13 Å². The number of benzene rings is 2. The molecule has 0 radical (unpaired) electrons. The van der Waals surface area contributed by atoms with Crippen LogP contribution in [0.25, 0.3) is 15.9 Å². The van der Waals surface area contributed by atoms with E-state index in [1.54, 1.807) is 47.0 Å². The SMILES string of the molecule is CCc1cc2c(=O)n(-c3cccc(Cl)c3)c(=O)n(Cc3ccc(Cl)cc3Cl)c2s1. The van der Waals surface area contributed by atoms with Crippen LogP contribution in [0.1, 0.15) is 17.4 Å². The molecule has 8 heteroatoms. The van der Waals surface area contributed by atoms with Gasteiger partial charge in [0.25, 0.3) is 5.56 Å². The Morgan fingerprint density at radius 2 is 1.72 bits per heavy atom. The van der Waals surface area contributed by atoms with Crippen LogP contribution in [-0.2, 0) is 13.0 Å². The summed E-state index contributed by atoms with van der Waals surface area (Å²) in [5.41, 5.74) is 0.360. The van der Waals surface area contributed by atoms with Crippen LogP contribution in [0.2, 0.25) is 15.1 Å². The van der Waals surface area contributed by atoms with Crippen LogP contribution < -0.4 is 11.2 Å². The maximum atomic E-state index is 13.4. The average molecular weight is 466 g/mol. The number of rotatable bonds is 4. The number of hydrogen-bond acceptors (Lipinski definition) is 3. The van der Waals surface area contributed by atoms with Gasteiger partial charge in [0.05, 0.1) is 17.6 Å². The lowest BCUT2D eigenvalue weighted by molar-refractivity contribution is 0.719. The third kappa shape index (κ3) is 3.76. The molecule has 4 rings (SSSR count). The third-order valence-corrected chi connectivity index (χ3v) is 6.75. The molecule has 2 heterocycles. The van der Waals surface area contributed by atoms with Crippen molar-refractivity contribution in [3.05, 3.63) is 94.9 Å². The molecule has 0 aliphatic carbocycles. The Hall–Kier alpha value is -2.05. The summed E-state index contributed by atoms with van der Waals surface area (Å²) in [6.45, 7) is 2.23. The monoisotopic (exact) mass is 464 g/mol. The molecule has 0 aliphatic heterocycles. The van der Waals surface area contributed by atoms with Crippen molar-refractivity contribution in [2.45, 2.75) is 19.9 Å². The molecule has 0 N–H and O–H groups in total. The van der Waals surface area contributed by atoms with Crippen molar-refractivity contribution in [3.8, 4) is 5.69 Å². The molecule has 0 spiro atoms. The first kappa shape index (κ1) is 20.2. The van der Waals surface area contributed by atoms with E-state index in [9.17, 15) is 9.59 Å². The molecular formula is C21H15Cl3N2O2S. The van der Waals surface area contributed by atoms with Crippen LogP contribution in [0.4, 0.5) is 0 Å². The number of aromatic nitrogens is 2. The van der Waals surface area contributed by atoms with E-state index in [0.717, 1.165) is 21.4 Å². The third-order valence-electron chi connectivity index (χ3n) is 4.62. The van der Waals surface area contributed by atoms with Crippen LogP contribution in [-0.4, -0.2) is 9.13 Å². The van der Waals surface area contributed by atoms with Gasteiger partial charge in [-0.05, 0) is 48.4 Å². The first-order valence-corrected chi connectivity index (χ1v) is 10.8. The van der Waals surface area contributed by atoms with E-state index < -0.39 is 5.69 Å².